The maximum atomic E-state index is 10.3. The monoisotopic (exact) mass is 109 g/mol. The second-order valence-corrected chi connectivity index (χ2v) is 1.61. The first-order valence-electron chi connectivity index (χ1n) is 2.37. The van der Waals surface area contributed by atoms with Crippen LogP contribution in [-0.2, 0) is 9.90 Å². The summed E-state index contributed by atoms with van der Waals surface area (Å²) < 4.78 is 0. The molecule has 0 heterocycles. The zero-order chi connectivity index (χ0) is 5.98. The van der Waals surface area contributed by atoms with E-state index in [1.807, 2.05) is 0 Å². The molecule has 0 spiro atoms. The van der Waals surface area contributed by atoms with Gasteiger partial charge < -0.3 is 0 Å². The van der Waals surface area contributed by atoms with Crippen molar-refractivity contribution in [2.75, 3.05) is 0 Å². The van der Waals surface area contributed by atoms with Crippen molar-refractivity contribution < 1.29 is 9.90 Å². The molecule has 0 N–H and O–H groups in total. The van der Waals surface area contributed by atoms with Gasteiger partial charge in [0.25, 0.3) is 0 Å². The Morgan fingerprint density at radius 2 is 2.12 bits per heavy atom. The molecule has 0 aliphatic heterocycles. The number of rotatable bonds is 0. The lowest BCUT2D eigenvalue weighted by atomic mass is 10.1. The first kappa shape index (κ1) is 5.09. The summed E-state index contributed by atoms with van der Waals surface area (Å²) >= 11 is 0. The van der Waals surface area contributed by atoms with Gasteiger partial charge in [0.05, 0.1) is 0 Å². The molecule has 8 heavy (non-hydrogen) atoms. The van der Waals surface area contributed by atoms with Crippen LogP contribution in [0, 0.1) is 0 Å². The minimum atomic E-state index is -0.0652. The minimum Gasteiger partial charge on any atom is -0.295 e. The zero-order valence-corrected chi connectivity index (χ0v) is 4.26. The summed E-state index contributed by atoms with van der Waals surface area (Å²) in [5.74, 6) is -0.0609. The van der Waals surface area contributed by atoms with E-state index in [1.165, 1.54) is 18.2 Å². The van der Waals surface area contributed by atoms with Gasteiger partial charge in [-0.25, -0.2) is 0 Å². The van der Waals surface area contributed by atoms with Crippen LogP contribution in [0.3, 0.4) is 0 Å². The predicted octanol–water partition coefficient (Wildman–Crippen LogP) is 0.830. The first-order valence-corrected chi connectivity index (χ1v) is 2.37. The molecule has 0 aromatic heterocycles. The highest BCUT2D eigenvalue weighted by molar-refractivity contribution is 5.92. The molecule has 2 heteroatoms. The SMILES string of the molecule is [O]C1=CCC(=O)C=C1. The van der Waals surface area contributed by atoms with E-state index in [1.54, 1.807) is 0 Å². The number of carbonyl (C=O) groups excluding carboxylic acids is 1. The van der Waals surface area contributed by atoms with Crippen molar-refractivity contribution in [3.8, 4) is 0 Å². The highest BCUT2D eigenvalue weighted by atomic mass is 16.3. The van der Waals surface area contributed by atoms with Gasteiger partial charge in [-0.1, -0.05) is 0 Å². The lowest BCUT2D eigenvalue weighted by Gasteiger charge is -1.92. The van der Waals surface area contributed by atoms with Crippen molar-refractivity contribution in [3.05, 3.63) is 24.0 Å². The van der Waals surface area contributed by atoms with Crippen LogP contribution in [-0.4, -0.2) is 5.78 Å². The van der Waals surface area contributed by atoms with Gasteiger partial charge in [0.2, 0.25) is 0 Å². The molecule has 0 aromatic carbocycles. The highest BCUT2D eigenvalue weighted by Crippen LogP contribution is 2.02. The van der Waals surface area contributed by atoms with Crippen LogP contribution in [0.15, 0.2) is 24.0 Å². The van der Waals surface area contributed by atoms with Crippen molar-refractivity contribution in [1.29, 1.82) is 0 Å². The van der Waals surface area contributed by atoms with Gasteiger partial charge in [-0.05, 0) is 18.2 Å². The smallest absolute Gasteiger partial charge is 0.175 e. The fourth-order valence-electron chi connectivity index (χ4n) is 0.512. The summed E-state index contributed by atoms with van der Waals surface area (Å²) in [4.78, 5) is 10.3. The summed E-state index contributed by atoms with van der Waals surface area (Å²) in [6, 6.07) is 0. The fraction of sp³-hybridized carbons (Fsp3) is 0.167. The molecule has 0 aromatic rings. The summed E-state index contributed by atoms with van der Waals surface area (Å²) in [5, 5.41) is 10.3. The van der Waals surface area contributed by atoms with Gasteiger partial charge in [0.1, 0.15) is 0 Å². The number of carbonyl (C=O) groups is 1. The fourth-order valence-corrected chi connectivity index (χ4v) is 0.512. The van der Waals surface area contributed by atoms with Crippen molar-refractivity contribution >= 4 is 5.78 Å². The van der Waals surface area contributed by atoms with E-state index in [0.717, 1.165) is 0 Å². The molecule has 0 bridgehead atoms. The van der Waals surface area contributed by atoms with E-state index >= 15 is 0 Å². The molecule has 1 radical (unpaired) electrons. The topological polar surface area (TPSA) is 37.0 Å². The molecule has 1 aliphatic rings. The third-order valence-electron chi connectivity index (χ3n) is 0.938. The van der Waals surface area contributed by atoms with Crippen molar-refractivity contribution in [2.45, 2.75) is 6.42 Å². The van der Waals surface area contributed by atoms with Gasteiger partial charge in [0.15, 0.2) is 11.5 Å². The molecule has 1 aliphatic carbocycles. The van der Waals surface area contributed by atoms with Crippen LogP contribution < -0.4 is 0 Å². The van der Waals surface area contributed by atoms with Crippen LogP contribution in [0.1, 0.15) is 6.42 Å². The van der Waals surface area contributed by atoms with E-state index in [9.17, 15) is 9.90 Å². The minimum absolute atomic E-state index is 0.00426. The predicted molar refractivity (Wildman–Crippen MR) is 27.5 cm³/mol. The summed E-state index contributed by atoms with van der Waals surface area (Å²) in [6.07, 6.45) is 4.24. The molecule has 0 unspecified atom stereocenters. The lowest BCUT2D eigenvalue weighted by molar-refractivity contribution is -0.114. The van der Waals surface area contributed by atoms with E-state index < -0.39 is 0 Å². The van der Waals surface area contributed by atoms with E-state index in [2.05, 4.69) is 0 Å². The summed E-state index contributed by atoms with van der Waals surface area (Å²) in [7, 11) is 0. The van der Waals surface area contributed by atoms with Crippen LogP contribution in [0.2, 0.25) is 0 Å². The maximum Gasteiger partial charge on any atom is 0.175 e. The molecular weight excluding hydrogens is 104 g/mol. The Bertz CT molecular complexity index is 163. The van der Waals surface area contributed by atoms with Crippen molar-refractivity contribution in [3.63, 3.8) is 0 Å². The molecular formula is C6H5O2. The second kappa shape index (κ2) is 1.82. The normalized spacial score (nSPS) is 18.5. The molecule has 0 fully saturated rings. The van der Waals surface area contributed by atoms with Gasteiger partial charge in [-0.2, -0.15) is 0 Å². The maximum absolute atomic E-state index is 10.3. The third kappa shape index (κ3) is 0.964. The first-order chi connectivity index (χ1) is 3.79. The van der Waals surface area contributed by atoms with Crippen molar-refractivity contribution in [2.24, 2.45) is 0 Å². The Hall–Kier alpha value is -1.05. The summed E-state index contributed by atoms with van der Waals surface area (Å²) in [5.41, 5.74) is 0. The zero-order valence-electron chi connectivity index (χ0n) is 4.26. The van der Waals surface area contributed by atoms with Crippen molar-refractivity contribution in [1.82, 2.24) is 0 Å². The molecule has 2 nitrogen and oxygen atoms in total. The van der Waals surface area contributed by atoms with Crippen LogP contribution >= 0.6 is 0 Å². The Morgan fingerprint density at radius 3 is 2.50 bits per heavy atom. The average molecular weight is 109 g/mol. The molecule has 41 valence electrons. The van der Waals surface area contributed by atoms with Crippen LogP contribution in [0.5, 0.6) is 0 Å². The number of hydrogen-bond donors (Lipinski definition) is 0. The molecule has 0 atom stereocenters. The highest BCUT2D eigenvalue weighted by Gasteiger charge is 2.01. The Balaban J connectivity index is 2.71. The molecule has 0 saturated heterocycles. The lowest BCUT2D eigenvalue weighted by Crippen LogP contribution is -1.94. The third-order valence-corrected chi connectivity index (χ3v) is 0.938. The quantitative estimate of drug-likeness (QED) is 0.454. The Morgan fingerprint density at radius 1 is 1.38 bits per heavy atom. The van der Waals surface area contributed by atoms with E-state index in [-0.39, 0.29) is 18.0 Å². The second-order valence-electron chi connectivity index (χ2n) is 1.61. The standard InChI is InChI=1S/C6H5O2/c7-5-1-2-6(8)4-3-5/h1-3H,4H2. The van der Waals surface area contributed by atoms with Crippen LogP contribution in [0.25, 0.3) is 0 Å². The molecule has 0 saturated carbocycles. The van der Waals surface area contributed by atoms with E-state index in [4.69, 9.17) is 0 Å². The largest absolute Gasteiger partial charge is 0.295 e. The Kier molecular flexibility index (Phi) is 1.16. The Labute approximate surface area is 47.1 Å². The van der Waals surface area contributed by atoms with E-state index in [0.29, 0.717) is 0 Å². The molecule has 0 amide bonds. The number of allylic oxidation sites excluding steroid dienone is 3. The number of hydrogen-bond acceptors (Lipinski definition) is 1. The van der Waals surface area contributed by atoms with Gasteiger partial charge in [-0.15, -0.1) is 0 Å². The van der Waals surface area contributed by atoms with Gasteiger partial charge in [-0.3, -0.25) is 9.90 Å². The average Bonchev–Trinajstić information content (AvgIpc) is 1.77. The van der Waals surface area contributed by atoms with Crippen LogP contribution in [0.4, 0.5) is 0 Å². The number of ketones is 1. The van der Waals surface area contributed by atoms with Gasteiger partial charge in [0, 0.05) is 6.42 Å². The summed E-state index contributed by atoms with van der Waals surface area (Å²) in [6.45, 7) is 0. The van der Waals surface area contributed by atoms with Gasteiger partial charge >= 0.3 is 0 Å². The molecule has 1 rings (SSSR count).